The summed E-state index contributed by atoms with van der Waals surface area (Å²) >= 11 is 6.54. The number of carbonyl (C=O) groups is 1. The molecule has 6 rings (SSSR count). The summed E-state index contributed by atoms with van der Waals surface area (Å²) in [6, 6.07) is 11.9. The summed E-state index contributed by atoms with van der Waals surface area (Å²) in [6.07, 6.45) is -1.54. The number of hydrogen-bond acceptors (Lipinski definition) is 4. The molecule has 2 aliphatic heterocycles. The first-order valence-corrected chi connectivity index (χ1v) is 13.0. The maximum Gasteiger partial charge on any atom is 0.251 e. The lowest BCUT2D eigenvalue weighted by molar-refractivity contribution is 0.0539. The lowest BCUT2D eigenvalue weighted by Gasteiger charge is -2.35. The molecule has 0 saturated carbocycles. The lowest BCUT2D eigenvalue weighted by Crippen LogP contribution is -2.48. The van der Waals surface area contributed by atoms with Gasteiger partial charge in [0.25, 0.3) is 5.91 Å². The zero-order valence-electron chi connectivity index (χ0n) is 20.6. The van der Waals surface area contributed by atoms with Gasteiger partial charge in [0.05, 0.1) is 22.7 Å². The van der Waals surface area contributed by atoms with E-state index < -0.39 is 35.4 Å². The third kappa shape index (κ3) is 3.65. The number of amides is 1. The summed E-state index contributed by atoms with van der Waals surface area (Å²) in [4.78, 5) is 13.0. The van der Waals surface area contributed by atoms with Crippen LogP contribution in [0.25, 0.3) is 11.1 Å². The highest BCUT2D eigenvalue weighted by molar-refractivity contribution is 6.34. The van der Waals surface area contributed by atoms with Crippen molar-refractivity contribution in [3.63, 3.8) is 0 Å². The number of alkyl halides is 1. The molecule has 1 aliphatic carbocycles. The third-order valence-electron chi connectivity index (χ3n) is 8.08. The van der Waals surface area contributed by atoms with Gasteiger partial charge >= 0.3 is 0 Å². The van der Waals surface area contributed by atoms with Gasteiger partial charge in [-0.25, -0.2) is 13.2 Å². The van der Waals surface area contributed by atoms with Gasteiger partial charge < -0.3 is 20.5 Å². The quantitative estimate of drug-likeness (QED) is 0.426. The number of aliphatic hydroxyl groups is 1. The minimum absolute atomic E-state index is 0.00756. The number of hydrogen-bond donors (Lipinski definition) is 3. The predicted molar refractivity (Wildman–Crippen MR) is 137 cm³/mol. The molecule has 0 radical (unpaired) electrons. The van der Waals surface area contributed by atoms with Crippen LogP contribution in [-0.2, 0) is 18.4 Å². The van der Waals surface area contributed by atoms with Crippen molar-refractivity contribution in [2.45, 2.75) is 49.6 Å². The Balaban J connectivity index is 1.61. The molecule has 3 N–H and O–H groups in total. The molecule has 2 heterocycles. The summed E-state index contributed by atoms with van der Waals surface area (Å²) in [6.45, 7) is 0.800. The fourth-order valence-electron chi connectivity index (χ4n) is 6.26. The molecular formula is C29H26ClF3N2O3. The molecule has 0 spiro atoms. The van der Waals surface area contributed by atoms with E-state index in [4.69, 9.17) is 16.3 Å². The number of halogens is 4. The molecule has 1 saturated heterocycles. The Morgan fingerprint density at radius 1 is 1.18 bits per heavy atom. The lowest BCUT2D eigenvalue weighted by atomic mass is 9.80. The normalized spacial score (nSPS) is 25.7. The van der Waals surface area contributed by atoms with E-state index in [2.05, 4.69) is 10.6 Å². The summed E-state index contributed by atoms with van der Waals surface area (Å²) in [5.74, 6) is -2.19. The second-order valence-electron chi connectivity index (χ2n) is 10.1. The molecule has 0 unspecified atom stereocenters. The topological polar surface area (TPSA) is 70.6 Å². The van der Waals surface area contributed by atoms with E-state index in [1.165, 1.54) is 19.2 Å². The molecule has 5 nitrogen and oxygen atoms in total. The molecule has 3 aliphatic rings. The third-order valence-corrected chi connectivity index (χ3v) is 8.44. The summed E-state index contributed by atoms with van der Waals surface area (Å²) in [5, 5.41) is 15.7. The number of aliphatic hydroxyl groups excluding tert-OH is 1. The van der Waals surface area contributed by atoms with E-state index in [0.717, 1.165) is 24.9 Å². The fraction of sp³-hybridized carbons (Fsp3) is 0.345. The van der Waals surface area contributed by atoms with Crippen molar-refractivity contribution < 1.29 is 27.8 Å². The highest BCUT2D eigenvalue weighted by Crippen LogP contribution is 2.53. The summed E-state index contributed by atoms with van der Waals surface area (Å²) in [7, 11) is 1.37. The Kier molecular flexibility index (Phi) is 6.17. The standard InChI is InChI=1S/C29H26ClF3N2O3/c1-34-28(37)17-10-15-16(11-20(36)26(15)32)27(33)24(17)23-18-13-29(22-8-5-9-35-22,14-6-3-2-4-7-14)38-21(18)12-19(31)25(23)30/h2-4,6-7,10,12,20,22,26,35-36H,5,8-9,11,13H2,1H3,(H,34,37)/t20-,22-,26+,29-/m0/s1. The summed E-state index contributed by atoms with van der Waals surface area (Å²) < 4.78 is 52.9. The maximum absolute atomic E-state index is 16.3. The van der Waals surface area contributed by atoms with E-state index in [-0.39, 0.29) is 57.5 Å². The molecule has 0 bridgehead atoms. The first-order valence-electron chi connectivity index (χ1n) is 12.7. The van der Waals surface area contributed by atoms with Crippen LogP contribution in [0.3, 0.4) is 0 Å². The van der Waals surface area contributed by atoms with Crippen molar-refractivity contribution in [3.05, 3.63) is 86.9 Å². The van der Waals surface area contributed by atoms with Gasteiger partial charge in [0, 0.05) is 42.6 Å². The molecule has 9 heteroatoms. The summed E-state index contributed by atoms with van der Waals surface area (Å²) in [5.41, 5.74) is -0.113. The maximum atomic E-state index is 16.3. The van der Waals surface area contributed by atoms with Crippen molar-refractivity contribution in [2.75, 3.05) is 13.6 Å². The highest BCUT2D eigenvalue weighted by Gasteiger charge is 2.50. The van der Waals surface area contributed by atoms with Gasteiger partial charge in [0.2, 0.25) is 0 Å². The van der Waals surface area contributed by atoms with Crippen molar-refractivity contribution in [1.29, 1.82) is 0 Å². The van der Waals surface area contributed by atoms with E-state index in [9.17, 15) is 14.3 Å². The van der Waals surface area contributed by atoms with Crippen LogP contribution in [0.5, 0.6) is 5.75 Å². The second kappa shape index (κ2) is 9.29. The van der Waals surface area contributed by atoms with Gasteiger partial charge in [0.1, 0.15) is 17.4 Å². The van der Waals surface area contributed by atoms with Crippen LogP contribution in [0, 0.1) is 11.6 Å². The van der Waals surface area contributed by atoms with E-state index in [1.54, 1.807) is 0 Å². The molecule has 3 aromatic carbocycles. The molecule has 38 heavy (non-hydrogen) atoms. The minimum Gasteiger partial charge on any atom is -0.480 e. The Morgan fingerprint density at radius 3 is 2.63 bits per heavy atom. The highest BCUT2D eigenvalue weighted by atomic mass is 35.5. The predicted octanol–water partition coefficient (Wildman–Crippen LogP) is 5.15. The first kappa shape index (κ1) is 25.2. The molecule has 4 atom stereocenters. The zero-order chi connectivity index (χ0) is 26.8. The molecule has 198 valence electrons. The first-order chi connectivity index (χ1) is 18.3. The number of fused-ring (bicyclic) bond motifs is 2. The van der Waals surface area contributed by atoms with Crippen LogP contribution in [0.1, 0.15) is 51.6 Å². The van der Waals surface area contributed by atoms with Crippen molar-refractivity contribution >= 4 is 17.5 Å². The number of nitrogens with one attached hydrogen (secondary N) is 2. The fourth-order valence-corrected chi connectivity index (χ4v) is 6.53. The van der Waals surface area contributed by atoms with Crippen LogP contribution < -0.4 is 15.4 Å². The average molecular weight is 543 g/mol. The van der Waals surface area contributed by atoms with Crippen LogP contribution >= 0.6 is 11.6 Å². The average Bonchev–Trinajstić information content (AvgIpc) is 3.65. The Labute approximate surface area is 223 Å². The largest absolute Gasteiger partial charge is 0.480 e. The number of rotatable bonds is 4. The smallest absolute Gasteiger partial charge is 0.251 e. The van der Waals surface area contributed by atoms with Crippen LogP contribution in [0.2, 0.25) is 5.02 Å². The van der Waals surface area contributed by atoms with Gasteiger partial charge in [0.15, 0.2) is 11.8 Å². The van der Waals surface area contributed by atoms with Gasteiger partial charge in [-0.2, -0.15) is 0 Å². The molecule has 1 amide bonds. The van der Waals surface area contributed by atoms with E-state index in [0.29, 0.717) is 5.56 Å². The van der Waals surface area contributed by atoms with Gasteiger partial charge in [-0.15, -0.1) is 0 Å². The van der Waals surface area contributed by atoms with Gasteiger partial charge in [-0.3, -0.25) is 4.79 Å². The van der Waals surface area contributed by atoms with Gasteiger partial charge in [-0.1, -0.05) is 41.9 Å². The number of carbonyl (C=O) groups excluding carboxylic acids is 1. The van der Waals surface area contributed by atoms with Crippen molar-refractivity contribution in [3.8, 4) is 16.9 Å². The SMILES string of the molecule is CNC(=O)c1cc2c(c(F)c1-c1c(Cl)c(F)cc3c1C[C@](c1ccccc1)([C@@H]1CCCN1)O3)C[C@H](O)[C@@H]2F. The van der Waals surface area contributed by atoms with Crippen LogP contribution in [-0.4, -0.2) is 36.8 Å². The Bertz CT molecular complexity index is 1450. The second-order valence-corrected chi connectivity index (χ2v) is 10.5. The monoisotopic (exact) mass is 542 g/mol. The Hall–Kier alpha value is -3.07. The molecule has 1 fully saturated rings. The molecular weight excluding hydrogens is 517 g/mol. The number of benzene rings is 3. The van der Waals surface area contributed by atoms with Crippen LogP contribution in [0.4, 0.5) is 13.2 Å². The Morgan fingerprint density at radius 2 is 1.95 bits per heavy atom. The van der Waals surface area contributed by atoms with Gasteiger partial charge in [-0.05, 0) is 42.1 Å². The van der Waals surface area contributed by atoms with Crippen molar-refractivity contribution in [2.24, 2.45) is 0 Å². The number of ether oxygens (including phenoxy) is 1. The molecule has 0 aromatic heterocycles. The van der Waals surface area contributed by atoms with E-state index >= 15 is 8.78 Å². The zero-order valence-corrected chi connectivity index (χ0v) is 21.3. The molecule has 3 aromatic rings. The van der Waals surface area contributed by atoms with Crippen molar-refractivity contribution in [1.82, 2.24) is 10.6 Å². The van der Waals surface area contributed by atoms with Crippen LogP contribution in [0.15, 0.2) is 42.5 Å². The minimum atomic E-state index is -1.84. The van der Waals surface area contributed by atoms with E-state index in [1.807, 2.05) is 30.3 Å².